The standard InChI is InChI=1S/C29H28ClF3N2O3/c1-28(2,3)19-13-18(12-17-8-10-20(30)11-9-17)26-22(14-19)25(21-6-4-5-7-23(21)35-26)27(37)38-15-24(36)34-16-29(31,32)33/h4-12,19H,13-16H2,1-3H3,(H,34,36)/b18-12+/t19-/m0/s1. The molecule has 3 aromatic rings. The largest absolute Gasteiger partial charge is 0.452 e. The van der Waals surface area contributed by atoms with Gasteiger partial charge in [-0.15, -0.1) is 0 Å². The van der Waals surface area contributed by atoms with Crippen molar-refractivity contribution in [1.29, 1.82) is 0 Å². The molecule has 0 aliphatic heterocycles. The molecule has 1 heterocycles. The number of para-hydroxylation sites is 1. The molecule has 0 fully saturated rings. The van der Waals surface area contributed by atoms with Crippen LogP contribution in [-0.2, 0) is 16.0 Å². The fourth-order valence-electron chi connectivity index (χ4n) is 4.58. The lowest BCUT2D eigenvalue weighted by Gasteiger charge is -2.36. The van der Waals surface area contributed by atoms with Crippen molar-refractivity contribution in [2.24, 2.45) is 11.3 Å². The predicted octanol–water partition coefficient (Wildman–Crippen LogP) is 6.87. The molecular formula is C29H28ClF3N2O3. The topological polar surface area (TPSA) is 68.3 Å². The summed E-state index contributed by atoms with van der Waals surface area (Å²) in [4.78, 5) is 30.2. The smallest absolute Gasteiger partial charge is 0.405 e. The van der Waals surface area contributed by atoms with Gasteiger partial charge < -0.3 is 10.1 Å². The van der Waals surface area contributed by atoms with Gasteiger partial charge in [-0.3, -0.25) is 4.79 Å². The van der Waals surface area contributed by atoms with Crippen LogP contribution in [0.4, 0.5) is 13.2 Å². The van der Waals surface area contributed by atoms with Crippen LogP contribution in [0.1, 0.15) is 54.4 Å². The fraction of sp³-hybridized carbons (Fsp3) is 0.345. The van der Waals surface area contributed by atoms with Gasteiger partial charge in [0.15, 0.2) is 6.61 Å². The molecule has 5 nitrogen and oxygen atoms in total. The Hall–Kier alpha value is -3.39. The number of hydrogen-bond acceptors (Lipinski definition) is 4. The summed E-state index contributed by atoms with van der Waals surface area (Å²) in [5.41, 5.74) is 4.03. The third kappa shape index (κ3) is 6.54. The van der Waals surface area contributed by atoms with Crippen LogP contribution in [-0.4, -0.2) is 36.2 Å². The van der Waals surface area contributed by atoms with Crippen LogP contribution in [0, 0.1) is 11.3 Å². The number of ether oxygens (including phenoxy) is 1. The molecule has 4 rings (SSSR count). The SMILES string of the molecule is CC(C)(C)[C@H]1C/C(=C\c2ccc(Cl)cc2)c2nc3ccccc3c(C(=O)OCC(=O)NCC(F)(F)F)c2C1. The molecule has 2 aromatic carbocycles. The Morgan fingerprint density at radius 2 is 1.76 bits per heavy atom. The van der Waals surface area contributed by atoms with Crippen molar-refractivity contribution in [2.75, 3.05) is 13.2 Å². The molecule has 0 bridgehead atoms. The maximum Gasteiger partial charge on any atom is 0.405 e. The summed E-state index contributed by atoms with van der Waals surface area (Å²) in [5.74, 6) is -1.64. The summed E-state index contributed by atoms with van der Waals surface area (Å²) < 4.78 is 42.6. The Kier molecular flexibility index (Phi) is 7.83. The van der Waals surface area contributed by atoms with Crippen molar-refractivity contribution in [3.05, 3.63) is 75.9 Å². The minimum atomic E-state index is -4.56. The summed E-state index contributed by atoms with van der Waals surface area (Å²) in [7, 11) is 0. The predicted molar refractivity (Wildman–Crippen MR) is 142 cm³/mol. The first-order chi connectivity index (χ1) is 17.8. The van der Waals surface area contributed by atoms with Gasteiger partial charge in [-0.05, 0) is 65.1 Å². The second-order valence-electron chi connectivity index (χ2n) is 10.5. The summed E-state index contributed by atoms with van der Waals surface area (Å²) in [6.45, 7) is 4.10. The highest BCUT2D eigenvalue weighted by molar-refractivity contribution is 6.30. The molecular weight excluding hydrogens is 517 g/mol. The van der Waals surface area contributed by atoms with Crippen molar-refractivity contribution in [3.63, 3.8) is 0 Å². The zero-order valence-corrected chi connectivity index (χ0v) is 22.0. The van der Waals surface area contributed by atoms with Crippen LogP contribution < -0.4 is 5.32 Å². The number of halogens is 4. The lowest BCUT2D eigenvalue weighted by atomic mass is 9.69. The van der Waals surface area contributed by atoms with Crippen LogP contribution in [0.25, 0.3) is 22.6 Å². The number of hydrogen-bond donors (Lipinski definition) is 1. The first-order valence-electron chi connectivity index (χ1n) is 12.2. The summed E-state index contributed by atoms with van der Waals surface area (Å²) in [6, 6.07) is 14.6. The number of esters is 1. The molecule has 0 unspecified atom stereocenters. The van der Waals surface area contributed by atoms with Crippen molar-refractivity contribution in [2.45, 2.75) is 39.8 Å². The van der Waals surface area contributed by atoms with E-state index in [9.17, 15) is 22.8 Å². The van der Waals surface area contributed by atoms with E-state index < -0.39 is 31.2 Å². The van der Waals surface area contributed by atoms with Crippen molar-refractivity contribution in [3.8, 4) is 0 Å². The van der Waals surface area contributed by atoms with E-state index in [0.29, 0.717) is 33.6 Å². The van der Waals surface area contributed by atoms with Gasteiger partial charge in [0.05, 0.1) is 16.8 Å². The Bertz CT molecular complexity index is 1390. The summed E-state index contributed by atoms with van der Waals surface area (Å²) in [5, 5.41) is 2.91. The molecule has 1 aliphatic rings. The van der Waals surface area contributed by atoms with Crippen LogP contribution >= 0.6 is 11.6 Å². The minimum Gasteiger partial charge on any atom is -0.452 e. The van der Waals surface area contributed by atoms with Gasteiger partial charge in [-0.2, -0.15) is 13.2 Å². The van der Waals surface area contributed by atoms with Gasteiger partial charge in [0, 0.05) is 10.4 Å². The molecule has 1 atom stereocenters. The number of fused-ring (bicyclic) bond motifs is 2. The van der Waals surface area contributed by atoms with E-state index in [-0.39, 0.29) is 16.9 Å². The number of carbonyl (C=O) groups excluding carboxylic acids is 2. The summed E-state index contributed by atoms with van der Waals surface area (Å²) in [6.07, 6.45) is -1.23. The van der Waals surface area contributed by atoms with E-state index in [1.807, 2.05) is 24.3 Å². The molecule has 1 N–H and O–H groups in total. The molecule has 0 radical (unpaired) electrons. The highest BCUT2D eigenvalue weighted by Gasteiger charge is 2.35. The van der Waals surface area contributed by atoms with Gasteiger partial charge in [0.25, 0.3) is 5.91 Å². The maximum atomic E-state index is 13.4. The number of benzene rings is 2. The van der Waals surface area contributed by atoms with Gasteiger partial charge in [0.2, 0.25) is 0 Å². The Balaban J connectivity index is 1.78. The second kappa shape index (κ2) is 10.8. The van der Waals surface area contributed by atoms with Crippen LogP contribution in [0.15, 0.2) is 48.5 Å². The van der Waals surface area contributed by atoms with Gasteiger partial charge >= 0.3 is 12.1 Å². The van der Waals surface area contributed by atoms with Crippen molar-refractivity contribution >= 4 is 46.0 Å². The molecule has 0 saturated carbocycles. The van der Waals surface area contributed by atoms with Gasteiger partial charge in [-0.25, -0.2) is 9.78 Å². The number of aromatic nitrogens is 1. The van der Waals surface area contributed by atoms with Crippen LogP contribution in [0.3, 0.4) is 0 Å². The Labute approximate surface area is 224 Å². The zero-order valence-electron chi connectivity index (χ0n) is 21.3. The minimum absolute atomic E-state index is 0.0962. The molecule has 9 heteroatoms. The first-order valence-corrected chi connectivity index (χ1v) is 12.6. The van der Waals surface area contributed by atoms with E-state index in [2.05, 4.69) is 20.8 Å². The average molecular weight is 545 g/mol. The van der Waals surface area contributed by atoms with Gasteiger partial charge in [-0.1, -0.05) is 62.7 Å². The summed E-state index contributed by atoms with van der Waals surface area (Å²) >= 11 is 6.06. The van der Waals surface area contributed by atoms with E-state index in [1.54, 1.807) is 35.6 Å². The number of amides is 1. The van der Waals surface area contributed by atoms with Crippen molar-refractivity contribution < 1.29 is 27.5 Å². The number of pyridine rings is 1. The number of alkyl halides is 3. The molecule has 38 heavy (non-hydrogen) atoms. The molecule has 1 aliphatic carbocycles. The third-order valence-corrected chi connectivity index (χ3v) is 6.93. The van der Waals surface area contributed by atoms with E-state index in [1.165, 1.54) is 0 Å². The molecule has 200 valence electrons. The van der Waals surface area contributed by atoms with E-state index in [4.69, 9.17) is 21.3 Å². The lowest BCUT2D eigenvalue weighted by molar-refractivity contribution is -0.140. The third-order valence-electron chi connectivity index (χ3n) is 6.67. The number of carbonyl (C=O) groups is 2. The number of rotatable bonds is 5. The molecule has 0 saturated heterocycles. The molecule has 0 spiro atoms. The number of nitrogens with zero attached hydrogens (tertiary/aromatic N) is 1. The average Bonchev–Trinajstić information content (AvgIpc) is 2.85. The highest BCUT2D eigenvalue weighted by atomic mass is 35.5. The maximum absolute atomic E-state index is 13.4. The first kappa shape index (κ1) is 27.6. The van der Waals surface area contributed by atoms with E-state index in [0.717, 1.165) is 17.6 Å². The number of allylic oxidation sites excluding steroid dienone is 1. The quantitative estimate of drug-likeness (QED) is 0.356. The lowest BCUT2D eigenvalue weighted by Crippen LogP contribution is -2.36. The zero-order chi connectivity index (χ0) is 27.7. The van der Waals surface area contributed by atoms with Crippen LogP contribution in [0.2, 0.25) is 5.02 Å². The van der Waals surface area contributed by atoms with Crippen molar-refractivity contribution in [1.82, 2.24) is 10.3 Å². The fourth-order valence-corrected chi connectivity index (χ4v) is 4.71. The normalized spacial score (nSPS) is 16.8. The van der Waals surface area contributed by atoms with Gasteiger partial charge in [0.1, 0.15) is 6.54 Å². The monoisotopic (exact) mass is 544 g/mol. The molecule has 1 amide bonds. The second-order valence-corrected chi connectivity index (χ2v) is 10.9. The van der Waals surface area contributed by atoms with Crippen LogP contribution in [0.5, 0.6) is 0 Å². The Morgan fingerprint density at radius 1 is 1.08 bits per heavy atom. The van der Waals surface area contributed by atoms with E-state index >= 15 is 0 Å². The molecule has 1 aromatic heterocycles. The Morgan fingerprint density at radius 3 is 2.42 bits per heavy atom. The number of nitrogens with one attached hydrogen (secondary N) is 1. The highest BCUT2D eigenvalue weighted by Crippen LogP contribution is 2.44.